The summed E-state index contributed by atoms with van der Waals surface area (Å²) in [5.74, 6) is -0.0923. The molecule has 0 aliphatic carbocycles. The van der Waals surface area contributed by atoms with Crippen molar-refractivity contribution >= 4 is 38.7 Å². The van der Waals surface area contributed by atoms with E-state index in [-0.39, 0.29) is 16.7 Å². The molecule has 0 saturated carbocycles. The molecule has 1 amide bonds. The predicted molar refractivity (Wildman–Crippen MR) is 90.9 cm³/mol. The van der Waals surface area contributed by atoms with Crippen molar-refractivity contribution in [2.24, 2.45) is 5.92 Å². The summed E-state index contributed by atoms with van der Waals surface area (Å²) in [5, 5.41) is 0. The summed E-state index contributed by atoms with van der Waals surface area (Å²) in [5.41, 5.74) is 0.792. The maximum atomic E-state index is 12.1. The van der Waals surface area contributed by atoms with Gasteiger partial charge in [0, 0.05) is 24.4 Å². The fraction of sp³-hybridized carbons (Fsp3) is 0.500. The van der Waals surface area contributed by atoms with Crippen LogP contribution >= 0.6 is 12.8 Å². The van der Waals surface area contributed by atoms with E-state index in [1.54, 1.807) is 12.1 Å². The molecule has 8 heteroatoms. The molecule has 5 nitrogen and oxygen atoms in total. The number of benzene rings is 1. The van der Waals surface area contributed by atoms with Crippen LogP contribution < -0.4 is 4.72 Å². The Morgan fingerprint density at radius 1 is 1.41 bits per heavy atom. The van der Waals surface area contributed by atoms with Gasteiger partial charge >= 0.3 is 0 Å². The standard InChI is InChI=1S/C14H19NO4S3/c16-14(15-20)13(9-10-5-7-19-8-6-10)11-1-3-12(4-2-11)22(17,18)21/h1-4,10,13,20H,5-9H2,(H,15,16)(H,17,18,21)/t13-/m1/s1. The summed E-state index contributed by atoms with van der Waals surface area (Å²) in [6.07, 6.45) is 2.58. The molecule has 1 aliphatic heterocycles. The number of nitrogens with one attached hydrogen (secondary N) is 1. The number of rotatable bonds is 5. The van der Waals surface area contributed by atoms with Crippen LogP contribution in [0.25, 0.3) is 0 Å². The van der Waals surface area contributed by atoms with Crippen molar-refractivity contribution in [1.82, 2.24) is 4.72 Å². The maximum Gasteiger partial charge on any atom is 0.237 e. The summed E-state index contributed by atoms with van der Waals surface area (Å²) in [7, 11) is -3.40. The molecule has 0 spiro atoms. The molecule has 1 saturated heterocycles. The van der Waals surface area contributed by atoms with Crippen LogP contribution in [0.1, 0.15) is 30.7 Å². The van der Waals surface area contributed by atoms with Crippen LogP contribution in [-0.2, 0) is 29.5 Å². The highest BCUT2D eigenvalue weighted by atomic mass is 32.8. The molecule has 1 aliphatic rings. The summed E-state index contributed by atoms with van der Waals surface area (Å²) in [4.78, 5) is 12.3. The maximum absolute atomic E-state index is 12.1. The summed E-state index contributed by atoms with van der Waals surface area (Å²) >= 11 is 8.41. The number of hydrogen-bond acceptors (Lipinski definition) is 5. The zero-order valence-electron chi connectivity index (χ0n) is 11.9. The van der Waals surface area contributed by atoms with Gasteiger partial charge in [0.2, 0.25) is 5.91 Å². The van der Waals surface area contributed by atoms with Crippen molar-refractivity contribution in [2.45, 2.75) is 30.1 Å². The SMILES string of the molecule is O=C(NS)[C@H](CC1CCOCC1)c1ccc(S(=O)(O)=S)cc1. The normalized spacial score (nSPS) is 20.1. The Hall–Kier alpha value is -0.670. The smallest absolute Gasteiger partial charge is 0.237 e. The minimum atomic E-state index is -3.40. The molecule has 1 heterocycles. The van der Waals surface area contributed by atoms with Gasteiger partial charge in [0.15, 0.2) is 8.77 Å². The van der Waals surface area contributed by atoms with Gasteiger partial charge in [0.25, 0.3) is 0 Å². The third-order valence-corrected chi connectivity index (χ3v) is 5.58. The van der Waals surface area contributed by atoms with Gasteiger partial charge in [-0.25, -0.2) is 4.21 Å². The van der Waals surface area contributed by atoms with Crippen molar-refractivity contribution in [3.05, 3.63) is 29.8 Å². The van der Waals surface area contributed by atoms with Gasteiger partial charge in [-0.05, 0) is 42.9 Å². The Bertz CT molecular complexity index is 609. The molecule has 1 unspecified atom stereocenters. The van der Waals surface area contributed by atoms with Crippen LogP contribution in [0.3, 0.4) is 0 Å². The average Bonchev–Trinajstić information content (AvgIpc) is 2.52. The second-order valence-electron chi connectivity index (χ2n) is 5.36. The van der Waals surface area contributed by atoms with E-state index in [9.17, 15) is 13.6 Å². The van der Waals surface area contributed by atoms with Crippen molar-refractivity contribution in [1.29, 1.82) is 0 Å². The number of ether oxygens (including phenoxy) is 1. The second kappa shape index (κ2) is 7.74. The van der Waals surface area contributed by atoms with E-state index in [2.05, 4.69) is 28.7 Å². The van der Waals surface area contributed by atoms with Gasteiger partial charge in [-0.3, -0.25) is 4.79 Å². The highest BCUT2D eigenvalue weighted by Gasteiger charge is 2.25. The lowest BCUT2D eigenvalue weighted by Crippen LogP contribution is -2.26. The molecular weight excluding hydrogens is 342 g/mol. The van der Waals surface area contributed by atoms with Gasteiger partial charge in [-0.2, -0.15) is 0 Å². The van der Waals surface area contributed by atoms with E-state index < -0.39 is 8.77 Å². The van der Waals surface area contributed by atoms with E-state index in [1.807, 2.05) is 0 Å². The van der Waals surface area contributed by atoms with Crippen LogP contribution in [0.15, 0.2) is 29.2 Å². The van der Waals surface area contributed by atoms with Crippen molar-refractivity contribution in [2.75, 3.05) is 13.2 Å². The third-order valence-electron chi connectivity index (χ3n) is 3.92. The topological polar surface area (TPSA) is 75.6 Å². The summed E-state index contributed by atoms with van der Waals surface area (Å²) in [6.45, 7) is 1.45. The monoisotopic (exact) mass is 361 g/mol. The summed E-state index contributed by atoms with van der Waals surface area (Å²) < 4.78 is 28.5. The van der Waals surface area contributed by atoms with Crippen molar-refractivity contribution in [3.8, 4) is 0 Å². The van der Waals surface area contributed by atoms with Crippen LogP contribution in [0.4, 0.5) is 0 Å². The predicted octanol–water partition coefficient (Wildman–Crippen LogP) is 2.13. The Labute approximate surface area is 140 Å². The molecule has 1 aromatic carbocycles. The Kier molecular flexibility index (Phi) is 6.22. The lowest BCUT2D eigenvalue weighted by molar-refractivity contribution is -0.121. The van der Waals surface area contributed by atoms with E-state index >= 15 is 0 Å². The fourth-order valence-electron chi connectivity index (χ4n) is 2.66. The van der Waals surface area contributed by atoms with E-state index in [0.29, 0.717) is 12.3 Å². The Balaban J connectivity index is 2.19. The van der Waals surface area contributed by atoms with Crippen LogP contribution in [-0.4, -0.2) is 27.9 Å². The number of amides is 1. The molecule has 2 atom stereocenters. The third kappa shape index (κ3) is 4.66. The van der Waals surface area contributed by atoms with Crippen LogP contribution in [0, 0.1) is 5.92 Å². The first-order chi connectivity index (χ1) is 10.4. The average molecular weight is 362 g/mol. The first kappa shape index (κ1) is 17.7. The first-order valence-electron chi connectivity index (χ1n) is 7.01. The second-order valence-corrected chi connectivity index (χ2v) is 8.36. The minimum Gasteiger partial charge on any atom is -0.381 e. The lowest BCUT2D eigenvalue weighted by Gasteiger charge is -2.26. The molecule has 0 bridgehead atoms. The van der Waals surface area contributed by atoms with Gasteiger partial charge in [0.05, 0.1) is 10.8 Å². The van der Waals surface area contributed by atoms with Gasteiger partial charge < -0.3 is 14.0 Å². The van der Waals surface area contributed by atoms with E-state index in [0.717, 1.165) is 31.6 Å². The van der Waals surface area contributed by atoms with Gasteiger partial charge in [0.1, 0.15) is 0 Å². The van der Waals surface area contributed by atoms with Crippen LogP contribution in [0.2, 0.25) is 0 Å². The molecule has 122 valence electrons. The largest absolute Gasteiger partial charge is 0.381 e. The first-order valence-corrected chi connectivity index (χ1v) is 9.89. The molecule has 0 radical (unpaired) electrons. The summed E-state index contributed by atoms with van der Waals surface area (Å²) in [6, 6.07) is 6.38. The molecule has 2 rings (SSSR count). The fourth-order valence-corrected chi connectivity index (χ4v) is 3.63. The quantitative estimate of drug-likeness (QED) is 0.701. The van der Waals surface area contributed by atoms with Crippen molar-refractivity contribution in [3.63, 3.8) is 0 Å². The Morgan fingerprint density at radius 3 is 2.50 bits per heavy atom. The van der Waals surface area contributed by atoms with Gasteiger partial charge in [-0.15, -0.1) is 0 Å². The number of carbonyl (C=O) groups is 1. The number of hydrogen-bond donors (Lipinski definition) is 3. The highest BCUT2D eigenvalue weighted by Crippen LogP contribution is 2.30. The molecule has 22 heavy (non-hydrogen) atoms. The number of thiol groups is 1. The Morgan fingerprint density at radius 2 is 2.00 bits per heavy atom. The lowest BCUT2D eigenvalue weighted by atomic mass is 9.84. The van der Waals surface area contributed by atoms with Gasteiger partial charge in [-0.1, -0.05) is 24.9 Å². The van der Waals surface area contributed by atoms with Crippen LogP contribution in [0.5, 0.6) is 0 Å². The van der Waals surface area contributed by atoms with E-state index in [1.165, 1.54) is 12.1 Å². The number of carbonyl (C=O) groups excluding carboxylic acids is 1. The molecule has 2 N–H and O–H groups in total. The zero-order chi connectivity index (χ0) is 16.2. The molecule has 0 aromatic heterocycles. The zero-order valence-corrected chi connectivity index (χ0v) is 14.5. The van der Waals surface area contributed by atoms with Crippen molar-refractivity contribution < 1.29 is 18.3 Å². The molecular formula is C14H19NO4S3. The van der Waals surface area contributed by atoms with E-state index in [4.69, 9.17) is 4.74 Å². The molecule has 1 aromatic rings. The molecule has 1 fully saturated rings. The minimum absolute atomic E-state index is 0.175. The highest BCUT2D eigenvalue weighted by molar-refractivity contribution is 8.29.